The van der Waals surface area contributed by atoms with Crippen LogP contribution in [0.2, 0.25) is 0 Å². The molecule has 3 heteroatoms. The summed E-state index contributed by atoms with van der Waals surface area (Å²) in [7, 11) is 0. The number of hydrogen-bond acceptors (Lipinski definition) is 2. The van der Waals surface area contributed by atoms with Gasteiger partial charge in [-0.2, -0.15) is 0 Å². The van der Waals surface area contributed by atoms with Gasteiger partial charge in [0.2, 0.25) is 6.71 Å². The third-order valence-corrected chi connectivity index (χ3v) is 16.9. The van der Waals surface area contributed by atoms with E-state index in [9.17, 15) is 0 Å². The number of benzene rings is 9. The van der Waals surface area contributed by atoms with Gasteiger partial charge in [-0.05, 0) is 125 Å². The summed E-state index contributed by atoms with van der Waals surface area (Å²) in [6, 6.07) is 64.9. The highest BCUT2D eigenvalue weighted by Gasteiger charge is 2.50. The van der Waals surface area contributed by atoms with Gasteiger partial charge in [-0.3, -0.25) is 0 Å². The highest BCUT2D eigenvalue weighted by Crippen LogP contribution is 2.60. The molecule has 0 amide bonds. The quantitative estimate of drug-likeness (QED) is 0.161. The van der Waals surface area contributed by atoms with Crippen LogP contribution in [0.5, 0.6) is 0 Å². The van der Waals surface area contributed by atoms with Crippen LogP contribution in [0.25, 0.3) is 77.6 Å². The molecule has 9 aromatic carbocycles. The summed E-state index contributed by atoms with van der Waals surface area (Å²) in [4.78, 5) is 2.73. The molecule has 0 atom stereocenters. The Labute approximate surface area is 386 Å². The first-order chi connectivity index (χ1) is 32.0. The molecule has 66 heavy (non-hydrogen) atoms. The van der Waals surface area contributed by atoms with E-state index in [0.29, 0.717) is 0 Å². The molecule has 0 radical (unpaired) electrons. The zero-order valence-corrected chi connectivity index (χ0v) is 38.1. The topological polar surface area (TPSA) is 16.4 Å². The van der Waals surface area contributed by atoms with Crippen molar-refractivity contribution in [3.63, 3.8) is 0 Å². The van der Waals surface area contributed by atoms with Gasteiger partial charge < -0.3 is 9.32 Å². The first kappa shape index (κ1) is 36.9. The van der Waals surface area contributed by atoms with Gasteiger partial charge in [-0.25, -0.2) is 0 Å². The van der Waals surface area contributed by atoms with Crippen LogP contribution in [0.3, 0.4) is 0 Å². The fourth-order valence-corrected chi connectivity index (χ4v) is 13.8. The Balaban J connectivity index is 1.11. The number of hydrogen-bond donors (Lipinski definition) is 0. The van der Waals surface area contributed by atoms with E-state index in [1.165, 1.54) is 117 Å². The van der Waals surface area contributed by atoms with Gasteiger partial charge in [0.15, 0.2) is 0 Å². The lowest BCUT2D eigenvalue weighted by Crippen LogP contribution is -2.55. The maximum Gasteiger partial charge on any atom is 0.248 e. The van der Waals surface area contributed by atoms with Crippen molar-refractivity contribution in [1.82, 2.24) is 0 Å². The molecule has 0 fully saturated rings. The molecule has 312 valence electrons. The summed E-state index contributed by atoms with van der Waals surface area (Å²) in [5.41, 5.74) is 30.9. The van der Waals surface area contributed by atoms with E-state index in [0.717, 1.165) is 27.5 Å². The van der Waals surface area contributed by atoms with Gasteiger partial charge in [-0.1, -0.05) is 180 Å². The Morgan fingerprint density at radius 3 is 1.65 bits per heavy atom. The van der Waals surface area contributed by atoms with E-state index < -0.39 is 0 Å². The second-order valence-electron chi connectivity index (χ2n) is 21.1. The number of anilines is 3. The smallest absolute Gasteiger partial charge is 0.248 e. The Hall–Kier alpha value is -7.36. The lowest BCUT2D eigenvalue weighted by atomic mass is 9.36. The van der Waals surface area contributed by atoms with Gasteiger partial charge in [0.05, 0.1) is 5.69 Å². The Morgan fingerprint density at radius 2 is 0.939 bits per heavy atom. The van der Waals surface area contributed by atoms with Crippen molar-refractivity contribution < 1.29 is 4.42 Å². The van der Waals surface area contributed by atoms with Crippen molar-refractivity contribution in [2.75, 3.05) is 4.90 Å². The van der Waals surface area contributed by atoms with E-state index in [2.05, 4.69) is 216 Å². The van der Waals surface area contributed by atoms with Crippen molar-refractivity contribution in [2.24, 2.45) is 0 Å². The third kappa shape index (κ3) is 4.31. The summed E-state index contributed by atoms with van der Waals surface area (Å²) in [6.07, 6.45) is 0. The SMILES string of the molecule is CC1(C)c2ccccc2-c2c(N3c4cc(-c5ccc6c(c5)oc5ccccc56)cc5c4B(c4ccc6c(c4-5)-c4ccccc4C6(C)C)c4ccc5c(c43)-c3ccccc3C5(C)C)cccc21. The maximum absolute atomic E-state index is 6.60. The number of nitrogens with zero attached hydrogens (tertiary/aromatic N) is 1. The first-order valence-corrected chi connectivity index (χ1v) is 23.7. The average molecular weight is 844 g/mol. The Morgan fingerprint density at radius 1 is 0.379 bits per heavy atom. The normalized spacial score (nSPS) is 16.3. The molecule has 3 aliphatic carbocycles. The van der Waals surface area contributed by atoms with E-state index in [4.69, 9.17) is 4.42 Å². The second kappa shape index (κ2) is 12.1. The number of furan rings is 1. The molecule has 5 aliphatic rings. The molecule has 0 spiro atoms. The molecule has 10 aromatic rings. The monoisotopic (exact) mass is 843 g/mol. The van der Waals surface area contributed by atoms with Crippen molar-refractivity contribution in [3.8, 4) is 55.6 Å². The van der Waals surface area contributed by atoms with E-state index in [1.807, 2.05) is 0 Å². The third-order valence-electron chi connectivity index (χ3n) is 16.9. The minimum Gasteiger partial charge on any atom is -0.456 e. The molecular formula is C63H46BNO. The summed E-state index contributed by atoms with van der Waals surface area (Å²) in [6.45, 7) is 14.5. The van der Waals surface area contributed by atoms with E-state index >= 15 is 0 Å². The summed E-state index contributed by atoms with van der Waals surface area (Å²) >= 11 is 0. The molecule has 15 rings (SSSR count). The fraction of sp³-hybridized carbons (Fsp3) is 0.143. The predicted octanol–water partition coefficient (Wildman–Crippen LogP) is 14.5. The minimum absolute atomic E-state index is 0.0472. The van der Waals surface area contributed by atoms with Gasteiger partial charge in [0.1, 0.15) is 11.2 Å². The van der Waals surface area contributed by atoms with Crippen LogP contribution >= 0.6 is 0 Å². The summed E-state index contributed by atoms with van der Waals surface area (Å²) < 4.78 is 6.60. The van der Waals surface area contributed by atoms with Crippen LogP contribution in [0.15, 0.2) is 174 Å². The second-order valence-corrected chi connectivity index (χ2v) is 21.1. The largest absolute Gasteiger partial charge is 0.456 e. The molecule has 2 nitrogen and oxygen atoms in total. The summed E-state index contributed by atoms with van der Waals surface area (Å²) in [5, 5.41) is 2.30. The highest BCUT2D eigenvalue weighted by atomic mass is 16.3. The maximum atomic E-state index is 6.60. The van der Waals surface area contributed by atoms with Crippen molar-refractivity contribution in [2.45, 2.75) is 57.8 Å². The molecule has 1 aromatic heterocycles. The van der Waals surface area contributed by atoms with E-state index in [1.54, 1.807) is 0 Å². The molecule has 0 unspecified atom stereocenters. The lowest BCUT2D eigenvalue weighted by Gasteiger charge is -2.39. The average Bonchev–Trinajstić information content (AvgIpc) is 4.07. The molecule has 0 saturated carbocycles. The molecule has 0 bridgehead atoms. The number of fused-ring (bicyclic) bond motifs is 19. The Kier molecular flexibility index (Phi) is 6.77. The van der Waals surface area contributed by atoms with Crippen molar-refractivity contribution in [3.05, 3.63) is 203 Å². The van der Waals surface area contributed by atoms with Crippen molar-refractivity contribution in [1.29, 1.82) is 0 Å². The van der Waals surface area contributed by atoms with Crippen LogP contribution in [-0.2, 0) is 16.2 Å². The number of para-hydroxylation sites is 1. The van der Waals surface area contributed by atoms with Crippen LogP contribution in [0.4, 0.5) is 17.1 Å². The number of rotatable bonds is 2. The molecule has 2 aliphatic heterocycles. The van der Waals surface area contributed by atoms with E-state index in [-0.39, 0.29) is 23.0 Å². The summed E-state index contributed by atoms with van der Waals surface area (Å²) in [5.74, 6) is 0. The molecule has 0 N–H and O–H groups in total. The lowest BCUT2D eigenvalue weighted by molar-refractivity contribution is 0.660. The van der Waals surface area contributed by atoms with Crippen LogP contribution in [0, 0.1) is 0 Å². The minimum atomic E-state index is -0.168. The molecule has 0 saturated heterocycles. The highest BCUT2D eigenvalue weighted by molar-refractivity contribution is 7.01. The van der Waals surface area contributed by atoms with Gasteiger partial charge in [0, 0.05) is 49.5 Å². The standard InChI is InChI=1S/C63H46BNO/c1-61(2)43-20-11-7-17-39(43)55-46(61)23-15-24-51(55)65-52-33-36(35-26-27-38-37-16-10-14-25-53(37)66-54(38)34-35)32-42-58-49(30-28-47-56(58)40-18-8-12-21-44(40)62(47,3)4)64(59(42)52)50-31-29-48-57(60(50)65)41-19-9-13-22-45(41)63(48,5)6/h7-34H,1-6H3. The molecular weight excluding hydrogens is 798 g/mol. The van der Waals surface area contributed by atoms with Crippen LogP contribution < -0.4 is 21.3 Å². The van der Waals surface area contributed by atoms with Gasteiger partial charge >= 0.3 is 0 Å². The predicted molar refractivity (Wildman–Crippen MR) is 277 cm³/mol. The fourth-order valence-electron chi connectivity index (χ4n) is 13.8. The van der Waals surface area contributed by atoms with Gasteiger partial charge in [0.25, 0.3) is 0 Å². The van der Waals surface area contributed by atoms with Crippen LogP contribution in [0.1, 0.15) is 74.9 Å². The molecule has 3 heterocycles. The van der Waals surface area contributed by atoms with Crippen molar-refractivity contribution >= 4 is 62.1 Å². The Bertz CT molecular complexity index is 3880. The zero-order valence-electron chi connectivity index (χ0n) is 38.1. The zero-order chi connectivity index (χ0) is 44.2. The van der Waals surface area contributed by atoms with Gasteiger partial charge in [-0.15, -0.1) is 0 Å². The first-order valence-electron chi connectivity index (χ1n) is 23.7. The van der Waals surface area contributed by atoms with Crippen LogP contribution in [-0.4, -0.2) is 6.71 Å².